The topological polar surface area (TPSA) is 66.4 Å². The molecule has 0 fully saturated rings. The lowest BCUT2D eigenvalue weighted by Crippen LogP contribution is -2.22. The fourth-order valence-electron chi connectivity index (χ4n) is 4.08. The average Bonchev–Trinajstić information content (AvgIpc) is 2.80. The Hall–Kier alpha value is -3.06. The lowest BCUT2D eigenvalue weighted by molar-refractivity contribution is 0.131. The molecule has 0 amide bonds. The minimum atomic E-state index is -4.33. The van der Waals surface area contributed by atoms with Crippen molar-refractivity contribution in [2.75, 3.05) is 0 Å². The van der Waals surface area contributed by atoms with E-state index in [0.717, 1.165) is 11.3 Å². The molecule has 0 saturated carbocycles. The first-order valence-electron chi connectivity index (χ1n) is 12.0. The van der Waals surface area contributed by atoms with Gasteiger partial charge < -0.3 is 9.29 Å². The van der Waals surface area contributed by atoms with Gasteiger partial charge in [0.05, 0.1) is 15.8 Å². The standard InChI is InChI=1S/C22H23OS.C9H12O3S/c1-22(2,3)23-18-14-16-21(17-15-18)24(19-10-6-4-7-11-19)20-12-8-5-9-13-20;1-6-4-7(2)9(8(3)5-6)13(10,11)12/h4-17H,1-3H3;4-5H,1-3H3,(H,10,11,12)/q+1;/p-1. The number of hydrogen-bond acceptors (Lipinski definition) is 4. The lowest BCUT2D eigenvalue weighted by Gasteiger charge is -2.21. The Morgan fingerprint density at radius 1 is 0.676 bits per heavy atom. The van der Waals surface area contributed by atoms with E-state index in [4.69, 9.17) is 4.74 Å². The predicted molar refractivity (Wildman–Crippen MR) is 150 cm³/mol. The van der Waals surface area contributed by atoms with Gasteiger partial charge in [-0.3, -0.25) is 0 Å². The van der Waals surface area contributed by atoms with Crippen molar-refractivity contribution in [3.8, 4) is 5.75 Å². The Morgan fingerprint density at radius 3 is 1.46 bits per heavy atom. The summed E-state index contributed by atoms with van der Waals surface area (Å²) in [6.45, 7) is 11.3. The van der Waals surface area contributed by atoms with Crippen molar-refractivity contribution in [2.24, 2.45) is 0 Å². The number of ether oxygens (including phenoxy) is 1. The Balaban J connectivity index is 0.000000248. The van der Waals surface area contributed by atoms with Crippen LogP contribution in [0.1, 0.15) is 37.5 Å². The molecule has 0 aromatic heterocycles. The second-order valence-corrected chi connectivity index (χ2v) is 13.1. The minimum Gasteiger partial charge on any atom is -0.744 e. The largest absolute Gasteiger partial charge is 0.744 e. The van der Waals surface area contributed by atoms with Gasteiger partial charge >= 0.3 is 0 Å². The van der Waals surface area contributed by atoms with Crippen LogP contribution in [0, 0.1) is 20.8 Å². The van der Waals surface area contributed by atoms with Gasteiger partial charge in [0.25, 0.3) is 0 Å². The molecule has 0 N–H and O–H groups in total. The lowest BCUT2D eigenvalue weighted by atomic mass is 10.1. The Morgan fingerprint density at radius 2 is 1.08 bits per heavy atom. The van der Waals surface area contributed by atoms with Crippen molar-refractivity contribution in [3.05, 3.63) is 114 Å². The third-order valence-corrected chi connectivity index (χ3v) is 8.67. The zero-order valence-electron chi connectivity index (χ0n) is 22.2. The van der Waals surface area contributed by atoms with E-state index < -0.39 is 10.1 Å². The van der Waals surface area contributed by atoms with E-state index >= 15 is 0 Å². The molecule has 4 rings (SSSR count). The van der Waals surface area contributed by atoms with Crippen molar-refractivity contribution in [3.63, 3.8) is 0 Å². The number of aryl methyl sites for hydroxylation is 3. The minimum absolute atomic E-state index is 0.0851. The zero-order valence-corrected chi connectivity index (χ0v) is 23.8. The van der Waals surface area contributed by atoms with Crippen LogP contribution in [0.3, 0.4) is 0 Å². The quantitative estimate of drug-likeness (QED) is 0.197. The summed E-state index contributed by atoms with van der Waals surface area (Å²) >= 11 is 0. The highest BCUT2D eigenvalue weighted by Crippen LogP contribution is 2.32. The van der Waals surface area contributed by atoms with E-state index in [-0.39, 0.29) is 21.4 Å². The number of benzene rings is 4. The van der Waals surface area contributed by atoms with Gasteiger partial charge in [0.15, 0.2) is 14.7 Å². The molecule has 0 bridgehead atoms. The van der Waals surface area contributed by atoms with Crippen LogP contribution in [0.4, 0.5) is 0 Å². The van der Waals surface area contributed by atoms with Crippen molar-refractivity contribution in [2.45, 2.75) is 66.7 Å². The van der Waals surface area contributed by atoms with Crippen molar-refractivity contribution >= 4 is 21.0 Å². The van der Waals surface area contributed by atoms with Crippen molar-refractivity contribution < 1.29 is 17.7 Å². The molecule has 0 spiro atoms. The van der Waals surface area contributed by atoms with Crippen molar-refractivity contribution in [1.82, 2.24) is 0 Å². The second kappa shape index (κ2) is 12.0. The summed E-state index contributed by atoms with van der Waals surface area (Å²) in [5.74, 6) is 0.913. The highest BCUT2D eigenvalue weighted by molar-refractivity contribution is 7.97. The molecule has 4 aromatic rings. The van der Waals surface area contributed by atoms with Gasteiger partial charge in [-0.15, -0.1) is 0 Å². The summed E-state index contributed by atoms with van der Waals surface area (Å²) in [5, 5.41) is 0. The summed E-state index contributed by atoms with van der Waals surface area (Å²) in [5.41, 5.74) is 1.82. The Labute approximate surface area is 224 Å². The van der Waals surface area contributed by atoms with Crippen LogP contribution in [0.25, 0.3) is 0 Å². The third-order valence-electron chi connectivity index (χ3n) is 5.30. The Kier molecular flexibility index (Phi) is 9.24. The number of hydrogen-bond donors (Lipinski definition) is 0. The zero-order chi connectivity index (χ0) is 27.2. The van der Waals surface area contributed by atoms with Gasteiger partial charge in [-0.2, -0.15) is 0 Å². The molecule has 0 unspecified atom stereocenters. The van der Waals surface area contributed by atoms with Crippen molar-refractivity contribution in [1.29, 1.82) is 0 Å². The predicted octanol–water partition coefficient (Wildman–Crippen LogP) is 7.48. The molecule has 4 nitrogen and oxygen atoms in total. The van der Waals surface area contributed by atoms with Gasteiger partial charge in [0, 0.05) is 0 Å². The average molecular weight is 535 g/mol. The highest BCUT2D eigenvalue weighted by atomic mass is 32.2. The van der Waals surface area contributed by atoms with E-state index in [9.17, 15) is 13.0 Å². The molecule has 0 saturated heterocycles. The Bertz CT molecular complexity index is 1350. The van der Waals surface area contributed by atoms with E-state index in [1.165, 1.54) is 14.7 Å². The molecule has 4 aromatic carbocycles. The van der Waals surface area contributed by atoms with Crippen LogP contribution < -0.4 is 4.74 Å². The fraction of sp³-hybridized carbons (Fsp3) is 0.226. The van der Waals surface area contributed by atoms with Gasteiger partial charge in [-0.1, -0.05) is 54.1 Å². The molecule has 0 aliphatic heterocycles. The van der Waals surface area contributed by atoms with E-state index in [1.54, 1.807) is 26.0 Å². The van der Waals surface area contributed by atoms with Crippen LogP contribution in [0.2, 0.25) is 0 Å². The molecule has 0 atom stereocenters. The SMILES string of the molecule is CC(C)(C)Oc1ccc([S+](c2ccccc2)c2ccccc2)cc1.Cc1cc(C)c(S(=O)(=O)[O-])c(C)c1. The fourth-order valence-corrected chi connectivity index (χ4v) is 7.07. The van der Waals surface area contributed by atoms with Crippen LogP contribution in [0.5, 0.6) is 5.75 Å². The first kappa shape index (κ1) is 28.5. The summed E-state index contributed by atoms with van der Waals surface area (Å²) in [6.07, 6.45) is 0. The molecule has 0 aliphatic carbocycles. The van der Waals surface area contributed by atoms with Crippen LogP contribution in [-0.4, -0.2) is 18.6 Å². The van der Waals surface area contributed by atoms with E-state index in [1.807, 2.05) is 6.92 Å². The molecular formula is C31H34O4S2. The third kappa shape index (κ3) is 8.22. The van der Waals surface area contributed by atoms with Gasteiger partial charge in [-0.25, -0.2) is 8.42 Å². The van der Waals surface area contributed by atoms with Gasteiger partial charge in [-0.05, 0) is 101 Å². The second-order valence-electron chi connectivity index (χ2n) is 9.80. The van der Waals surface area contributed by atoms with E-state index in [2.05, 4.69) is 106 Å². The molecule has 194 valence electrons. The molecule has 37 heavy (non-hydrogen) atoms. The summed E-state index contributed by atoms with van der Waals surface area (Å²) < 4.78 is 38.4. The summed E-state index contributed by atoms with van der Waals surface area (Å²) in [7, 11) is -4.43. The monoisotopic (exact) mass is 534 g/mol. The first-order chi connectivity index (χ1) is 17.3. The molecular weight excluding hydrogens is 500 g/mol. The maximum atomic E-state index is 10.8. The molecule has 0 heterocycles. The van der Waals surface area contributed by atoms with Crippen LogP contribution >= 0.6 is 0 Å². The van der Waals surface area contributed by atoms with Crippen LogP contribution in [0.15, 0.2) is 117 Å². The van der Waals surface area contributed by atoms with Crippen LogP contribution in [-0.2, 0) is 21.0 Å². The molecule has 0 radical (unpaired) electrons. The maximum absolute atomic E-state index is 10.8. The molecule has 0 aliphatic rings. The first-order valence-corrected chi connectivity index (χ1v) is 14.7. The normalized spacial score (nSPS) is 11.6. The van der Waals surface area contributed by atoms with E-state index in [0.29, 0.717) is 11.1 Å². The van der Waals surface area contributed by atoms with Gasteiger partial charge in [0.1, 0.15) is 21.5 Å². The highest BCUT2D eigenvalue weighted by Gasteiger charge is 2.28. The summed E-state index contributed by atoms with van der Waals surface area (Å²) in [4.78, 5) is 3.87. The summed E-state index contributed by atoms with van der Waals surface area (Å²) in [6, 6.07) is 33.3. The van der Waals surface area contributed by atoms with Gasteiger partial charge in [0.2, 0.25) is 0 Å². The maximum Gasteiger partial charge on any atom is 0.166 e. The number of rotatable bonds is 5. The molecule has 6 heteroatoms. The smallest absolute Gasteiger partial charge is 0.166 e.